The van der Waals surface area contributed by atoms with Crippen LogP contribution in [0.3, 0.4) is 0 Å². The molecule has 1 saturated heterocycles. The normalized spacial score (nSPS) is 15.2. The molecule has 3 heterocycles. The first-order valence-corrected chi connectivity index (χ1v) is 10.7. The fourth-order valence-corrected chi connectivity index (χ4v) is 4.48. The number of nitrogens with zero attached hydrogens (tertiary/aromatic N) is 6. The lowest BCUT2D eigenvalue weighted by Crippen LogP contribution is -2.50. The van der Waals surface area contributed by atoms with Crippen molar-refractivity contribution in [3.05, 3.63) is 60.2 Å². The Morgan fingerprint density at radius 1 is 1.21 bits per heavy atom. The summed E-state index contributed by atoms with van der Waals surface area (Å²) < 4.78 is 29.7. The van der Waals surface area contributed by atoms with Gasteiger partial charge in [0, 0.05) is 32.4 Å². The SMILES string of the molecule is CCn1cc(S(=O)(=O)N2CC(n3cc(C(=O)NCc4ccccc4)nn3)C2)cn1. The first-order chi connectivity index (χ1) is 14.0. The monoisotopic (exact) mass is 415 g/mol. The molecule has 1 aromatic carbocycles. The van der Waals surface area contributed by atoms with E-state index in [2.05, 4.69) is 20.7 Å². The highest BCUT2D eigenvalue weighted by atomic mass is 32.2. The van der Waals surface area contributed by atoms with Crippen molar-refractivity contribution in [2.75, 3.05) is 13.1 Å². The summed E-state index contributed by atoms with van der Waals surface area (Å²) in [5.41, 5.74) is 1.19. The van der Waals surface area contributed by atoms with Gasteiger partial charge in [-0.1, -0.05) is 35.5 Å². The molecule has 152 valence electrons. The average molecular weight is 415 g/mol. The van der Waals surface area contributed by atoms with E-state index in [9.17, 15) is 13.2 Å². The highest BCUT2D eigenvalue weighted by Crippen LogP contribution is 2.27. The van der Waals surface area contributed by atoms with E-state index in [-0.39, 0.29) is 35.6 Å². The van der Waals surface area contributed by atoms with Crippen LogP contribution in [-0.2, 0) is 23.1 Å². The smallest absolute Gasteiger partial charge is 0.273 e. The molecule has 29 heavy (non-hydrogen) atoms. The van der Waals surface area contributed by atoms with Gasteiger partial charge in [0.2, 0.25) is 10.0 Å². The highest BCUT2D eigenvalue weighted by molar-refractivity contribution is 7.89. The van der Waals surface area contributed by atoms with Crippen LogP contribution < -0.4 is 5.32 Å². The third kappa shape index (κ3) is 3.91. The molecule has 0 spiro atoms. The molecular formula is C18H21N7O3S. The molecule has 0 unspecified atom stereocenters. The molecule has 3 aromatic rings. The zero-order chi connectivity index (χ0) is 20.4. The number of hydrogen-bond acceptors (Lipinski definition) is 6. The molecule has 10 nitrogen and oxygen atoms in total. The number of aryl methyl sites for hydroxylation is 1. The first kappa shape index (κ1) is 19.3. The molecule has 2 aromatic heterocycles. The summed E-state index contributed by atoms with van der Waals surface area (Å²) >= 11 is 0. The molecule has 0 radical (unpaired) electrons. The fraction of sp³-hybridized carbons (Fsp3) is 0.333. The second-order valence-corrected chi connectivity index (χ2v) is 8.70. The van der Waals surface area contributed by atoms with Gasteiger partial charge in [0.25, 0.3) is 5.91 Å². The molecule has 1 N–H and O–H groups in total. The molecule has 1 aliphatic rings. The second kappa shape index (κ2) is 7.76. The summed E-state index contributed by atoms with van der Waals surface area (Å²) in [5.74, 6) is -0.323. The van der Waals surface area contributed by atoms with E-state index in [1.165, 1.54) is 16.7 Å². The molecule has 0 saturated carbocycles. The summed E-state index contributed by atoms with van der Waals surface area (Å²) in [7, 11) is -3.57. The Morgan fingerprint density at radius 2 is 1.97 bits per heavy atom. The van der Waals surface area contributed by atoms with Crippen LogP contribution in [0, 0.1) is 0 Å². The number of amides is 1. The number of benzene rings is 1. The van der Waals surface area contributed by atoms with E-state index in [0.29, 0.717) is 13.1 Å². The Labute approximate surface area is 168 Å². The van der Waals surface area contributed by atoms with Crippen molar-refractivity contribution in [2.24, 2.45) is 0 Å². The number of carbonyl (C=O) groups excluding carboxylic acids is 1. The van der Waals surface area contributed by atoms with Crippen molar-refractivity contribution in [1.82, 2.24) is 34.4 Å². The zero-order valence-corrected chi connectivity index (χ0v) is 16.7. The van der Waals surface area contributed by atoms with Crippen molar-refractivity contribution in [2.45, 2.75) is 31.0 Å². The van der Waals surface area contributed by atoms with Gasteiger partial charge in [-0.3, -0.25) is 9.48 Å². The molecule has 11 heteroatoms. The maximum atomic E-state index is 12.6. The van der Waals surface area contributed by atoms with Gasteiger partial charge in [0.05, 0.1) is 18.4 Å². The Balaban J connectivity index is 1.34. The van der Waals surface area contributed by atoms with Crippen molar-refractivity contribution in [3.8, 4) is 0 Å². The largest absolute Gasteiger partial charge is 0.347 e. The molecule has 0 bridgehead atoms. The van der Waals surface area contributed by atoms with Gasteiger partial charge >= 0.3 is 0 Å². The Hall–Kier alpha value is -3.05. The van der Waals surface area contributed by atoms with Crippen molar-refractivity contribution < 1.29 is 13.2 Å². The maximum Gasteiger partial charge on any atom is 0.273 e. The van der Waals surface area contributed by atoms with Gasteiger partial charge in [-0.25, -0.2) is 13.1 Å². The number of aromatic nitrogens is 5. The van der Waals surface area contributed by atoms with Crippen LogP contribution in [0.1, 0.15) is 29.0 Å². The van der Waals surface area contributed by atoms with E-state index >= 15 is 0 Å². The number of rotatable bonds is 7. The lowest BCUT2D eigenvalue weighted by Gasteiger charge is -2.37. The third-order valence-electron chi connectivity index (χ3n) is 4.81. The number of sulfonamides is 1. The predicted octanol–water partition coefficient (Wildman–Crippen LogP) is 0.670. The fourth-order valence-electron chi connectivity index (χ4n) is 3.01. The lowest BCUT2D eigenvalue weighted by atomic mass is 10.2. The van der Waals surface area contributed by atoms with Gasteiger partial charge in [0.1, 0.15) is 4.90 Å². The molecule has 1 aliphatic heterocycles. The van der Waals surface area contributed by atoms with Crippen LogP contribution in [0.4, 0.5) is 0 Å². The molecule has 1 fully saturated rings. The van der Waals surface area contributed by atoms with Crippen molar-refractivity contribution in [1.29, 1.82) is 0 Å². The van der Waals surface area contributed by atoms with Gasteiger partial charge in [-0.15, -0.1) is 5.10 Å². The van der Waals surface area contributed by atoms with Crippen molar-refractivity contribution >= 4 is 15.9 Å². The second-order valence-electron chi connectivity index (χ2n) is 6.76. The Kier molecular flexibility index (Phi) is 5.16. The molecule has 1 amide bonds. The summed E-state index contributed by atoms with van der Waals surface area (Å²) in [5, 5.41) is 14.7. The minimum atomic E-state index is -3.57. The van der Waals surface area contributed by atoms with Crippen LogP contribution in [0.25, 0.3) is 0 Å². The summed E-state index contributed by atoms with van der Waals surface area (Å²) in [6.45, 7) is 3.43. The summed E-state index contributed by atoms with van der Waals surface area (Å²) in [6.07, 6.45) is 4.42. The first-order valence-electron chi connectivity index (χ1n) is 9.24. The summed E-state index contributed by atoms with van der Waals surface area (Å²) in [4.78, 5) is 12.4. The molecule has 0 atom stereocenters. The van der Waals surface area contributed by atoms with Crippen LogP contribution >= 0.6 is 0 Å². The van der Waals surface area contributed by atoms with E-state index < -0.39 is 10.0 Å². The minimum absolute atomic E-state index is 0.158. The number of hydrogen-bond donors (Lipinski definition) is 1. The minimum Gasteiger partial charge on any atom is -0.347 e. The Bertz CT molecular complexity index is 1100. The van der Waals surface area contributed by atoms with Crippen molar-refractivity contribution in [3.63, 3.8) is 0 Å². The van der Waals surface area contributed by atoms with Crippen LogP contribution in [0.15, 0.2) is 53.8 Å². The van der Waals surface area contributed by atoms with E-state index in [0.717, 1.165) is 5.56 Å². The predicted molar refractivity (Wildman–Crippen MR) is 103 cm³/mol. The third-order valence-corrected chi connectivity index (χ3v) is 6.60. The molecule has 4 rings (SSSR count). The van der Waals surface area contributed by atoms with Gasteiger partial charge in [0.15, 0.2) is 5.69 Å². The zero-order valence-electron chi connectivity index (χ0n) is 15.8. The highest BCUT2D eigenvalue weighted by Gasteiger charge is 2.39. The van der Waals surface area contributed by atoms with Crippen LogP contribution in [-0.4, -0.2) is 56.5 Å². The lowest BCUT2D eigenvalue weighted by molar-refractivity contribution is 0.0945. The number of nitrogens with one attached hydrogen (secondary N) is 1. The summed E-state index contributed by atoms with van der Waals surface area (Å²) in [6, 6.07) is 9.40. The molecular weight excluding hydrogens is 394 g/mol. The topological polar surface area (TPSA) is 115 Å². The van der Waals surface area contributed by atoms with Gasteiger partial charge < -0.3 is 5.32 Å². The maximum absolute atomic E-state index is 12.6. The van der Waals surface area contributed by atoms with Gasteiger partial charge in [-0.05, 0) is 12.5 Å². The number of carbonyl (C=O) groups is 1. The quantitative estimate of drug-likeness (QED) is 0.607. The standard InChI is InChI=1S/C18H21N7O3S/c1-2-23-12-16(9-20-23)29(27,28)24-10-15(11-24)25-13-17(21-22-25)18(26)19-8-14-6-4-3-5-7-14/h3-7,9,12-13,15H,2,8,10-11H2,1H3,(H,19,26). The molecule has 0 aliphatic carbocycles. The van der Waals surface area contributed by atoms with Gasteiger partial charge in [-0.2, -0.15) is 9.40 Å². The Morgan fingerprint density at radius 3 is 2.66 bits per heavy atom. The van der Waals surface area contributed by atoms with E-state index in [1.807, 2.05) is 37.3 Å². The average Bonchev–Trinajstić information content (AvgIpc) is 3.35. The van der Waals surface area contributed by atoms with E-state index in [4.69, 9.17) is 0 Å². The van der Waals surface area contributed by atoms with E-state index in [1.54, 1.807) is 15.6 Å². The van der Waals surface area contributed by atoms with Crippen LogP contribution in [0.5, 0.6) is 0 Å². The van der Waals surface area contributed by atoms with Crippen LogP contribution in [0.2, 0.25) is 0 Å².